The Morgan fingerprint density at radius 3 is 2.24 bits per heavy atom. The van der Waals surface area contributed by atoms with Gasteiger partial charge in [0.25, 0.3) is 5.91 Å². The Labute approximate surface area is 169 Å². The van der Waals surface area contributed by atoms with Crippen molar-refractivity contribution in [1.29, 1.82) is 0 Å². The first-order valence-electron chi connectivity index (χ1n) is 9.07. The average Bonchev–Trinajstić information content (AvgIpc) is 2.95. The number of benzene rings is 1. The van der Waals surface area contributed by atoms with Gasteiger partial charge in [-0.3, -0.25) is 14.4 Å². The van der Waals surface area contributed by atoms with Gasteiger partial charge in [0.15, 0.2) is 12.4 Å². The summed E-state index contributed by atoms with van der Waals surface area (Å²) < 4.78 is 5.05. The van der Waals surface area contributed by atoms with Crippen molar-refractivity contribution < 1.29 is 23.9 Å². The van der Waals surface area contributed by atoms with Crippen LogP contribution in [0.2, 0.25) is 0 Å². The molecule has 8 heteroatoms. The molecule has 1 aromatic heterocycles. The predicted molar refractivity (Wildman–Crippen MR) is 108 cm³/mol. The lowest BCUT2D eigenvalue weighted by atomic mass is 10.1. The van der Waals surface area contributed by atoms with Gasteiger partial charge in [-0.2, -0.15) is 0 Å². The van der Waals surface area contributed by atoms with E-state index in [0.29, 0.717) is 22.5 Å². The molecule has 8 nitrogen and oxygen atoms in total. The number of ketones is 1. The van der Waals surface area contributed by atoms with Crippen LogP contribution in [0.25, 0.3) is 0 Å². The molecule has 0 atom stereocenters. The highest BCUT2D eigenvalue weighted by molar-refractivity contribution is 6.01. The van der Waals surface area contributed by atoms with E-state index in [2.05, 4.69) is 10.3 Å². The number of ether oxygens (including phenoxy) is 1. The van der Waals surface area contributed by atoms with E-state index < -0.39 is 18.5 Å². The molecule has 0 aliphatic rings. The summed E-state index contributed by atoms with van der Waals surface area (Å²) in [5.74, 6) is -1.78. The highest BCUT2D eigenvalue weighted by Crippen LogP contribution is 2.19. The molecule has 154 valence electrons. The highest BCUT2D eigenvalue weighted by atomic mass is 16.5. The summed E-state index contributed by atoms with van der Waals surface area (Å²) in [7, 11) is 1.45. The number of amides is 2. The number of hydrogen-bond donors (Lipinski definition) is 2. The SMILES string of the molecule is CC(=O)c1c(C)[nH]c(C(=O)OCC(=O)N(C)CC(=O)Nc2ccc(C)cc2)c1C. The van der Waals surface area contributed by atoms with Crippen LogP contribution < -0.4 is 5.32 Å². The zero-order valence-electron chi connectivity index (χ0n) is 17.2. The first-order valence-corrected chi connectivity index (χ1v) is 9.07. The maximum absolute atomic E-state index is 12.3. The molecule has 2 N–H and O–H groups in total. The third-order valence-electron chi connectivity index (χ3n) is 4.46. The van der Waals surface area contributed by atoms with Crippen LogP contribution in [-0.4, -0.2) is 53.7 Å². The van der Waals surface area contributed by atoms with Gasteiger partial charge in [0.05, 0.1) is 6.54 Å². The van der Waals surface area contributed by atoms with Crippen molar-refractivity contribution in [2.45, 2.75) is 27.7 Å². The van der Waals surface area contributed by atoms with Crippen LogP contribution in [0.15, 0.2) is 24.3 Å². The fourth-order valence-electron chi connectivity index (χ4n) is 2.93. The summed E-state index contributed by atoms with van der Waals surface area (Å²) >= 11 is 0. The zero-order valence-corrected chi connectivity index (χ0v) is 17.2. The maximum Gasteiger partial charge on any atom is 0.355 e. The number of H-pyrrole nitrogens is 1. The van der Waals surface area contributed by atoms with Crippen LogP contribution >= 0.6 is 0 Å². The molecule has 1 heterocycles. The summed E-state index contributed by atoms with van der Waals surface area (Å²) in [6, 6.07) is 7.27. The van der Waals surface area contributed by atoms with Crippen LogP contribution in [-0.2, 0) is 14.3 Å². The number of esters is 1. The number of nitrogens with one attached hydrogen (secondary N) is 2. The number of carbonyl (C=O) groups is 4. The minimum atomic E-state index is -0.732. The number of aromatic amines is 1. The fourth-order valence-corrected chi connectivity index (χ4v) is 2.93. The third-order valence-corrected chi connectivity index (χ3v) is 4.46. The number of aromatic nitrogens is 1. The average molecular weight is 399 g/mol. The van der Waals surface area contributed by atoms with Crippen LogP contribution in [0.3, 0.4) is 0 Å². The van der Waals surface area contributed by atoms with Gasteiger partial charge in [-0.15, -0.1) is 0 Å². The molecular formula is C21H25N3O5. The van der Waals surface area contributed by atoms with E-state index in [1.165, 1.54) is 18.9 Å². The van der Waals surface area contributed by atoms with Crippen molar-refractivity contribution in [2.75, 3.05) is 25.5 Å². The lowest BCUT2D eigenvalue weighted by Crippen LogP contribution is -2.37. The first kappa shape index (κ1) is 21.9. The minimum Gasteiger partial charge on any atom is -0.451 e. The van der Waals surface area contributed by atoms with E-state index in [9.17, 15) is 19.2 Å². The Hall–Kier alpha value is -3.42. The maximum atomic E-state index is 12.3. The fraction of sp³-hybridized carbons (Fsp3) is 0.333. The normalized spacial score (nSPS) is 10.4. The van der Waals surface area contributed by atoms with Gasteiger partial charge in [-0.1, -0.05) is 17.7 Å². The van der Waals surface area contributed by atoms with Crippen LogP contribution in [0.1, 0.15) is 44.6 Å². The van der Waals surface area contributed by atoms with E-state index in [-0.39, 0.29) is 23.9 Å². The summed E-state index contributed by atoms with van der Waals surface area (Å²) in [5, 5.41) is 2.70. The van der Waals surface area contributed by atoms with Crippen molar-refractivity contribution in [1.82, 2.24) is 9.88 Å². The van der Waals surface area contributed by atoms with Crippen molar-refractivity contribution in [3.63, 3.8) is 0 Å². The Morgan fingerprint density at radius 1 is 1.07 bits per heavy atom. The second-order valence-electron chi connectivity index (χ2n) is 6.92. The molecule has 0 fully saturated rings. The summed E-state index contributed by atoms with van der Waals surface area (Å²) in [4.78, 5) is 52.2. The number of nitrogens with zero attached hydrogens (tertiary/aromatic N) is 1. The van der Waals surface area contributed by atoms with E-state index in [0.717, 1.165) is 5.56 Å². The molecule has 2 rings (SSSR count). The molecule has 0 spiro atoms. The third kappa shape index (κ3) is 5.54. The highest BCUT2D eigenvalue weighted by Gasteiger charge is 2.22. The zero-order chi connectivity index (χ0) is 21.7. The van der Waals surface area contributed by atoms with Gasteiger partial charge in [0.1, 0.15) is 5.69 Å². The summed E-state index contributed by atoms with van der Waals surface area (Å²) in [6.07, 6.45) is 0. The van der Waals surface area contributed by atoms with E-state index in [1.807, 2.05) is 19.1 Å². The number of carbonyl (C=O) groups excluding carboxylic acids is 4. The Morgan fingerprint density at radius 2 is 1.69 bits per heavy atom. The molecule has 0 aliphatic heterocycles. The van der Waals surface area contributed by atoms with E-state index in [4.69, 9.17) is 4.74 Å². The molecule has 2 amide bonds. The molecular weight excluding hydrogens is 374 g/mol. The molecule has 0 radical (unpaired) electrons. The number of aryl methyl sites for hydroxylation is 2. The van der Waals surface area contributed by atoms with Gasteiger partial charge >= 0.3 is 5.97 Å². The minimum absolute atomic E-state index is 0.139. The van der Waals surface area contributed by atoms with Crippen LogP contribution in [0.4, 0.5) is 5.69 Å². The van der Waals surface area contributed by atoms with Gasteiger partial charge < -0.3 is 19.9 Å². The molecule has 0 saturated carbocycles. The summed E-state index contributed by atoms with van der Waals surface area (Å²) in [6.45, 7) is 5.99. The van der Waals surface area contributed by atoms with Crippen LogP contribution in [0, 0.1) is 20.8 Å². The van der Waals surface area contributed by atoms with Crippen LogP contribution in [0.5, 0.6) is 0 Å². The Balaban J connectivity index is 1.89. The largest absolute Gasteiger partial charge is 0.451 e. The van der Waals surface area contributed by atoms with Gasteiger partial charge in [-0.05, 0) is 45.4 Å². The predicted octanol–water partition coefficient (Wildman–Crippen LogP) is 2.40. The van der Waals surface area contributed by atoms with E-state index in [1.54, 1.807) is 26.0 Å². The van der Waals surface area contributed by atoms with Gasteiger partial charge in [0.2, 0.25) is 5.91 Å². The van der Waals surface area contributed by atoms with Crippen molar-refractivity contribution in [3.05, 3.63) is 52.3 Å². The molecule has 29 heavy (non-hydrogen) atoms. The molecule has 0 aliphatic carbocycles. The number of rotatable bonds is 7. The molecule has 0 unspecified atom stereocenters. The Kier molecular flexibility index (Phi) is 6.93. The molecule has 0 saturated heterocycles. The topological polar surface area (TPSA) is 109 Å². The quantitative estimate of drug-likeness (QED) is 0.549. The standard InChI is InChI=1S/C21H25N3O5/c1-12-6-8-16(9-7-12)23-17(26)10-24(5)18(27)11-29-21(28)20-13(2)19(15(4)25)14(3)22-20/h6-9,22H,10-11H2,1-5H3,(H,23,26). The number of anilines is 1. The lowest BCUT2D eigenvalue weighted by Gasteiger charge is -2.16. The summed E-state index contributed by atoms with van der Waals surface area (Å²) in [5.41, 5.74) is 3.33. The Bertz CT molecular complexity index is 944. The second kappa shape index (κ2) is 9.18. The van der Waals surface area contributed by atoms with Crippen molar-refractivity contribution in [3.8, 4) is 0 Å². The molecule has 0 bridgehead atoms. The molecule has 1 aromatic carbocycles. The number of hydrogen-bond acceptors (Lipinski definition) is 5. The smallest absolute Gasteiger partial charge is 0.355 e. The number of Topliss-reactive ketones (excluding diaryl/α,β-unsaturated/α-hetero) is 1. The lowest BCUT2D eigenvalue weighted by molar-refractivity contribution is -0.136. The van der Waals surface area contributed by atoms with Crippen molar-refractivity contribution in [2.24, 2.45) is 0 Å². The molecule has 2 aromatic rings. The second-order valence-corrected chi connectivity index (χ2v) is 6.92. The van der Waals surface area contributed by atoms with E-state index >= 15 is 0 Å². The van der Waals surface area contributed by atoms with Crippen molar-refractivity contribution >= 4 is 29.3 Å². The number of likely N-dealkylation sites (N-methyl/N-ethyl adjacent to an activating group) is 1. The monoisotopic (exact) mass is 399 g/mol. The van der Waals surface area contributed by atoms with Gasteiger partial charge in [0, 0.05) is 24.0 Å². The first-order chi connectivity index (χ1) is 13.6. The van der Waals surface area contributed by atoms with Gasteiger partial charge in [-0.25, -0.2) is 4.79 Å².